The van der Waals surface area contributed by atoms with Gasteiger partial charge in [-0.2, -0.15) is 4.98 Å². The van der Waals surface area contributed by atoms with E-state index in [-0.39, 0.29) is 34.8 Å². The zero-order valence-electron chi connectivity index (χ0n) is 20.4. The van der Waals surface area contributed by atoms with Crippen LogP contribution < -0.4 is 4.74 Å². The Morgan fingerprint density at radius 1 is 1.06 bits per heavy atom. The highest BCUT2D eigenvalue weighted by molar-refractivity contribution is 5.99. The van der Waals surface area contributed by atoms with Gasteiger partial charge in [0.15, 0.2) is 17.7 Å². The van der Waals surface area contributed by atoms with Crippen molar-refractivity contribution in [1.29, 1.82) is 0 Å². The molecule has 2 fully saturated rings. The van der Waals surface area contributed by atoms with E-state index in [0.29, 0.717) is 16.9 Å². The van der Waals surface area contributed by atoms with E-state index in [1.54, 1.807) is 37.3 Å². The minimum absolute atomic E-state index is 0.0118. The number of hydrogen-bond acceptors (Lipinski definition) is 6. The Balaban J connectivity index is 0.000000421. The highest BCUT2D eigenvalue weighted by Gasteiger charge is 2.30. The number of ketones is 2. The van der Waals surface area contributed by atoms with Crippen LogP contribution in [0.2, 0.25) is 0 Å². The lowest BCUT2D eigenvalue weighted by Crippen LogP contribution is -2.05. The van der Waals surface area contributed by atoms with Crippen LogP contribution in [0, 0.1) is 17.7 Å². The van der Waals surface area contributed by atoms with Gasteiger partial charge in [-0.25, -0.2) is 4.39 Å². The maximum absolute atomic E-state index is 14.0. The van der Waals surface area contributed by atoms with E-state index < -0.39 is 11.9 Å². The topological polar surface area (TPSA) is 82.3 Å². The second kappa shape index (κ2) is 10.9. The number of halogens is 1. The van der Waals surface area contributed by atoms with Crippen molar-refractivity contribution < 1.29 is 23.2 Å². The van der Waals surface area contributed by atoms with Crippen molar-refractivity contribution in [2.75, 3.05) is 0 Å². The van der Waals surface area contributed by atoms with Crippen LogP contribution in [0.15, 0.2) is 47.0 Å². The summed E-state index contributed by atoms with van der Waals surface area (Å²) in [7, 11) is 0. The first-order valence-electron chi connectivity index (χ1n) is 12.3. The summed E-state index contributed by atoms with van der Waals surface area (Å²) in [6, 6.07) is 11.1. The molecule has 0 saturated heterocycles. The fraction of sp³-hybridized carbons (Fsp3) is 0.429. The molecule has 5 rings (SSSR count). The second-order valence-electron chi connectivity index (χ2n) is 9.52. The fourth-order valence-corrected chi connectivity index (χ4v) is 4.12. The maximum atomic E-state index is 14.0. The molecule has 0 N–H and O–H groups in total. The van der Waals surface area contributed by atoms with Crippen LogP contribution >= 0.6 is 0 Å². The quantitative estimate of drug-likeness (QED) is 0.340. The molecule has 2 saturated carbocycles. The number of benzene rings is 2. The molecule has 0 spiro atoms. The van der Waals surface area contributed by atoms with Gasteiger partial charge in [-0.1, -0.05) is 43.8 Å². The normalized spacial score (nSPS) is 16.3. The van der Waals surface area contributed by atoms with Gasteiger partial charge in [0.2, 0.25) is 5.82 Å². The molecule has 6 nitrogen and oxygen atoms in total. The van der Waals surface area contributed by atoms with Gasteiger partial charge in [0.25, 0.3) is 5.89 Å². The lowest BCUT2D eigenvalue weighted by molar-refractivity contribution is 0.0966. The Morgan fingerprint density at radius 3 is 2.29 bits per heavy atom. The summed E-state index contributed by atoms with van der Waals surface area (Å²) in [5, 5.41) is 3.87. The van der Waals surface area contributed by atoms with Gasteiger partial charge in [0.1, 0.15) is 11.6 Å². The molecule has 2 aliphatic rings. The number of ether oxygens (including phenoxy) is 1. The number of hydrogen-bond donors (Lipinski definition) is 0. The zero-order valence-corrected chi connectivity index (χ0v) is 20.4. The van der Waals surface area contributed by atoms with E-state index in [1.807, 2.05) is 0 Å². The van der Waals surface area contributed by atoms with E-state index in [9.17, 15) is 14.0 Å². The molecule has 0 aliphatic heterocycles. The van der Waals surface area contributed by atoms with Crippen LogP contribution in [0.25, 0.3) is 11.4 Å². The van der Waals surface area contributed by atoms with Crippen LogP contribution in [0.4, 0.5) is 4.39 Å². The minimum Gasteiger partial charge on any atom is -0.481 e. The van der Waals surface area contributed by atoms with Gasteiger partial charge < -0.3 is 9.26 Å². The molecular formula is C28H31FN2O4. The smallest absolute Gasteiger partial charge is 0.267 e. The molecule has 2 aromatic carbocycles. The van der Waals surface area contributed by atoms with Crippen LogP contribution in [0.1, 0.15) is 92.0 Å². The number of rotatable bonds is 7. The Morgan fingerprint density at radius 2 is 1.74 bits per heavy atom. The monoisotopic (exact) mass is 478 g/mol. The summed E-state index contributed by atoms with van der Waals surface area (Å²) in [5.74, 6) is 1.41. The summed E-state index contributed by atoms with van der Waals surface area (Å²) in [5.41, 5.74) is 1.10. The van der Waals surface area contributed by atoms with Crippen molar-refractivity contribution in [1.82, 2.24) is 10.1 Å². The Hall–Kier alpha value is -3.35. The van der Waals surface area contributed by atoms with Gasteiger partial charge in [-0.15, -0.1) is 0 Å². The van der Waals surface area contributed by atoms with Crippen molar-refractivity contribution in [2.24, 2.45) is 11.8 Å². The lowest BCUT2D eigenvalue weighted by Gasteiger charge is -2.11. The van der Waals surface area contributed by atoms with Crippen molar-refractivity contribution >= 4 is 11.6 Å². The second-order valence-corrected chi connectivity index (χ2v) is 9.52. The van der Waals surface area contributed by atoms with Gasteiger partial charge in [0.05, 0.1) is 5.56 Å². The first kappa shape index (κ1) is 24.8. The molecule has 2 aliphatic carbocycles. The highest BCUT2D eigenvalue weighted by Crippen LogP contribution is 2.33. The summed E-state index contributed by atoms with van der Waals surface area (Å²) in [6.07, 6.45) is 7.34. The molecule has 1 aromatic heterocycles. The Bertz CT molecular complexity index is 1180. The van der Waals surface area contributed by atoms with Crippen molar-refractivity contribution in [2.45, 2.75) is 65.4 Å². The standard InChI is InChI=1S/C22H19FN2O4.C6H12/c1-12(26)18-10-7-16(11-19(18)23)21-24-22(29-25-21)13(2)28-17-8-5-15(6-9-17)20(27)14-3-4-14;1-6-4-2-3-5-6/h5-11,13-14H,3-4H2,1-2H3;6H,2-5H2,1H3. The molecular weight excluding hydrogens is 447 g/mol. The van der Waals surface area contributed by atoms with E-state index in [2.05, 4.69) is 17.1 Å². The third-order valence-corrected chi connectivity index (χ3v) is 6.44. The van der Waals surface area contributed by atoms with Crippen molar-refractivity contribution in [3.8, 4) is 17.1 Å². The van der Waals surface area contributed by atoms with E-state index in [4.69, 9.17) is 9.26 Å². The van der Waals surface area contributed by atoms with Crippen LogP contribution in [0.5, 0.6) is 5.75 Å². The number of aromatic nitrogens is 2. The summed E-state index contributed by atoms with van der Waals surface area (Å²) in [4.78, 5) is 27.7. The van der Waals surface area contributed by atoms with Crippen molar-refractivity contribution in [3.05, 3.63) is 65.3 Å². The van der Waals surface area contributed by atoms with Crippen molar-refractivity contribution in [3.63, 3.8) is 0 Å². The number of Topliss-reactive ketones (excluding diaryl/α,β-unsaturated/α-hetero) is 2. The van der Waals surface area contributed by atoms with Crippen LogP contribution in [-0.4, -0.2) is 21.7 Å². The number of carbonyl (C=O) groups excluding carboxylic acids is 2. The number of nitrogens with zero attached hydrogens (tertiary/aromatic N) is 2. The molecule has 3 aromatic rings. The third kappa shape index (κ3) is 6.41. The molecule has 0 amide bonds. The third-order valence-electron chi connectivity index (χ3n) is 6.44. The summed E-state index contributed by atoms with van der Waals surface area (Å²) >= 11 is 0. The predicted octanol–water partition coefficient (Wildman–Crippen LogP) is 7.01. The van der Waals surface area contributed by atoms with E-state index in [0.717, 1.165) is 18.8 Å². The van der Waals surface area contributed by atoms with Gasteiger partial charge in [-0.05, 0) is 69.0 Å². The molecule has 1 atom stereocenters. The summed E-state index contributed by atoms with van der Waals surface area (Å²) < 4.78 is 25.1. The first-order chi connectivity index (χ1) is 16.8. The largest absolute Gasteiger partial charge is 0.481 e. The molecule has 1 heterocycles. The van der Waals surface area contributed by atoms with E-state index in [1.165, 1.54) is 44.7 Å². The Kier molecular flexibility index (Phi) is 7.73. The van der Waals surface area contributed by atoms with E-state index >= 15 is 0 Å². The van der Waals surface area contributed by atoms with Gasteiger partial charge in [-0.3, -0.25) is 9.59 Å². The lowest BCUT2D eigenvalue weighted by atomic mass is 10.1. The summed E-state index contributed by atoms with van der Waals surface area (Å²) in [6.45, 7) is 5.39. The molecule has 0 radical (unpaired) electrons. The zero-order chi connectivity index (χ0) is 24.9. The predicted molar refractivity (Wildman–Crippen MR) is 130 cm³/mol. The molecule has 184 valence electrons. The number of carbonyl (C=O) groups is 2. The minimum atomic E-state index is -0.633. The fourth-order valence-electron chi connectivity index (χ4n) is 4.12. The van der Waals surface area contributed by atoms with Crippen LogP contribution in [-0.2, 0) is 0 Å². The van der Waals surface area contributed by atoms with Crippen LogP contribution in [0.3, 0.4) is 0 Å². The van der Waals surface area contributed by atoms with Gasteiger partial charge >= 0.3 is 0 Å². The highest BCUT2D eigenvalue weighted by atomic mass is 19.1. The molecule has 7 heteroatoms. The Labute approximate surface area is 204 Å². The average molecular weight is 479 g/mol. The average Bonchev–Trinajstić information content (AvgIpc) is 3.36. The molecule has 1 unspecified atom stereocenters. The first-order valence-corrected chi connectivity index (χ1v) is 12.3. The molecule has 0 bridgehead atoms. The van der Waals surface area contributed by atoms with Gasteiger partial charge in [0, 0.05) is 17.0 Å². The molecule has 35 heavy (non-hydrogen) atoms. The maximum Gasteiger partial charge on any atom is 0.267 e. The SMILES string of the molecule is CC(=O)c1ccc(-c2noc(C(C)Oc3ccc(C(=O)C4CC4)cc3)n2)cc1F.CC1CCCC1.